The fourth-order valence-corrected chi connectivity index (χ4v) is 11.7. The van der Waals surface area contributed by atoms with Gasteiger partial charge in [-0.15, -0.1) is 11.8 Å². The molecule has 0 aromatic heterocycles. The Hall–Kier alpha value is -8.89. The second kappa shape index (κ2) is 31.4. The van der Waals surface area contributed by atoms with Crippen LogP contribution in [0.2, 0.25) is 0 Å². The molecular formula is C66H75N5O20S. The molecular weight excluding hydrogens is 1210 g/mol. The monoisotopic (exact) mass is 1290 g/mol. The van der Waals surface area contributed by atoms with Crippen molar-refractivity contribution in [2.75, 3.05) is 63.4 Å². The highest BCUT2D eigenvalue weighted by Crippen LogP contribution is 2.57. The maximum atomic E-state index is 14.3. The van der Waals surface area contributed by atoms with Crippen molar-refractivity contribution >= 4 is 65.1 Å². The minimum absolute atomic E-state index is 0.00329. The van der Waals surface area contributed by atoms with Gasteiger partial charge in [-0.25, -0.2) is 14.5 Å². The van der Waals surface area contributed by atoms with Gasteiger partial charge in [0.15, 0.2) is 18.3 Å². The molecule has 5 aromatic carbocycles. The van der Waals surface area contributed by atoms with E-state index in [1.54, 1.807) is 39.0 Å². The Morgan fingerprint density at radius 2 is 1.32 bits per heavy atom. The molecule has 1 spiro atoms. The van der Waals surface area contributed by atoms with E-state index < -0.39 is 95.3 Å². The first kappa shape index (κ1) is 69.0. The molecule has 0 bridgehead atoms. The highest BCUT2D eigenvalue weighted by Gasteiger charge is 2.54. The Balaban J connectivity index is 0.00000356. The first-order valence-electron chi connectivity index (χ1n) is 29.8. The Labute approximate surface area is 535 Å². The SMILES string of the molecule is CC(=O)Oc1ccc2c(c1)Oc1cc(OC(C)=O)ccc1C21OC(=O)c2cc(N3C(=O)CC(SCC(NC(=O)OCC4c5ccccc5-c5ccccc54)C(=O)NCCOCCOCCNC(=O)CO/C=C\OC(O)C(O)C(O)NC(C)(C)C)C3=O)ccc21.CCC. The lowest BCUT2D eigenvalue weighted by Crippen LogP contribution is -2.53. The zero-order valence-corrected chi connectivity index (χ0v) is 52.7. The summed E-state index contributed by atoms with van der Waals surface area (Å²) in [5.41, 5.74) is 2.97. The fraction of sp³-hybridized carbons (Fsp3) is 0.394. The lowest BCUT2D eigenvalue weighted by molar-refractivity contribution is -0.171. The number of fused-ring (bicyclic) bond motifs is 9. The van der Waals surface area contributed by atoms with Gasteiger partial charge in [0, 0.05) is 79.4 Å². The molecule has 1 saturated heterocycles. The van der Waals surface area contributed by atoms with E-state index in [9.17, 15) is 53.7 Å². The lowest BCUT2D eigenvalue weighted by atomic mass is 9.77. The van der Waals surface area contributed by atoms with Crippen LogP contribution in [0.3, 0.4) is 0 Å². The number of hydrogen-bond donors (Lipinski definition) is 7. The number of rotatable bonds is 27. The topological polar surface area (TPSA) is 332 Å². The number of carbonyl (C=O) groups excluding carboxylic acids is 8. The van der Waals surface area contributed by atoms with Crippen molar-refractivity contribution in [1.29, 1.82) is 0 Å². The molecule has 26 heteroatoms. The molecule has 1 fully saturated rings. The van der Waals surface area contributed by atoms with Crippen molar-refractivity contribution < 1.29 is 96.3 Å². The average molecular weight is 1290 g/mol. The number of aliphatic hydroxyl groups is 3. The number of amides is 5. The highest BCUT2D eigenvalue weighted by atomic mass is 32.2. The molecule has 0 radical (unpaired) electrons. The Morgan fingerprint density at radius 1 is 0.739 bits per heavy atom. The molecule has 4 aliphatic rings. The maximum Gasteiger partial charge on any atom is 0.407 e. The molecule has 92 heavy (non-hydrogen) atoms. The third-order valence-corrected chi connectivity index (χ3v) is 15.6. The van der Waals surface area contributed by atoms with Crippen molar-refractivity contribution in [3.63, 3.8) is 0 Å². The third-order valence-electron chi connectivity index (χ3n) is 14.3. The number of hydrogen-bond acceptors (Lipinski definition) is 22. The first-order valence-corrected chi connectivity index (χ1v) is 30.8. The number of imide groups is 1. The molecule has 1 aliphatic carbocycles. The van der Waals surface area contributed by atoms with E-state index in [0.717, 1.165) is 51.4 Å². The van der Waals surface area contributed by atoms with Gasteiger partial charge in [-0.3, -0.25) is 34.1 Å². The predicted molar refractivity (Wildman–Crippen MR) is 333 cm³/mol. The van der Waals surface area contributed by atoms with Crippen LogP contribution in [0.15, 0.2) is 116 Å². The summed E-state index contributed by atoms with van der Waals surface area (Å²) in [5, 5.41) is 39.6. The van der Waals surface area contributed by atoms with Crippen LogP contribution < -0.4 is 40.4 Å². The van der Waals surface area contributed by atoms with E-state index in [0.29, 0.717) is 16.7 Å². The van der Waals surface area contributed by atoms with E-state index in [4.69, 9.17) is 42.6 Å². The van der Waals surface area contributed by atoms with Gasteiger partial charge in [-0.2, -0.15) is 0 Å². The van der Waals surface area contributed by atoms with Crippen molar-refractivity contribution in [2.24, 2.45) is 0 Å². The molecule has 5 amide bonds. The van der Waals surface area contributed by atoms with Gasteiger partial charge < -0.3 is 73.9 Å². The zero-order chi connectivity index (χ0) is 66.3. The fourth-order valence-electron chi connectivity index (χ4n) is 10.5. The minimum Gasteiger partial charge on any atom is -0.488 e. The van der Waals surface area contributed by atoms with Crippen molar-refractivity contribution in [1.82, 2.24) is 21.3 Å². The summed E-state index contributed by atoms with van der Waals surface area (Å²) in [7, 11) is 0. The number of carbonyl (C=O) groups is 8. The molecule has 3 aliphatic heterocycles. The quantitative estimate of drug-likeness (QED) is 0.00797. The van der Waals surface area contributed by atoms with Crippen LogP contribution >= 0.6 is 11.8 Å². The van der Waals surface area contributed by atoms with Gasteiger partial charge in [0.25, 0.3) is 5.91 Å². The highest BCUT2D eigenvalue weighted by molar-refractivity contribution is 8.00. The normalized spacial score (nSPS) is 16.2. The molecule has 0 saturated carbocycles. The lowest BCUT2D eigenvalue weighted by Gasteiger charge is -2.36. The second-order valence-electron chi connectivity index (χ2n) is 22.5. The largest absolute Gasteiger partial charge is 0.488 e. The predicted octanol–water partition coefficient (Wildman–Crippen LogP) is 5.95. The van der Waals surface area contributed by atoms with Gasteiger partial charge in [0.1, 0.15) is 54.4 Å². The minimum atomic E-state index is -1.78. The Bertz CT molecular complexity index is 3440. The van der Waals surface area contributed by atoms with Crippen molar-refractivity contribution in [3.8, 4) is 34.1 Å². The van der Waals surface area contributed by atoms with Crippen LogP contribution in [-0.2, 0) is 62.8 Å². The van der Waals surface area contributed by atoms with Gasteiger partial charge in [-0.1, -0.05) is 74.9 Å². The molecule has 7 N–H and O–H groups in total. The van der Waals surface area contributed by atoms with Gasteiger partial charge in [0.05, 0.1) is 42.9 Å². The summed E-state index contributed by atoms with van der Waals surface area (Å²) in [4.78, 5) is 107. The van der Waals surface area contributed by atoms with Crippen molar-refractivity contribution in [3.05, 3.63) is 149 Å². The van der Waals surface area contributed by atoms with Gasteiger partial charge >= 0.3 is 24.0 Å². The third kappa shape index (κ3) is 17.0. The molecule has 5 atom stereocenters. The molecule has 3 heterocycles. The van der Waals surface area contributed by atoms with Crippen LogP contribution in [0, 0.1) is 0 Å². The summed E-state index contributed by atoms with van der Waals surface area (Å²) in [6, 6.07) is 27.9. The molecule has 9 rings (SSSR count). The van der Waals surface area contributed by atoms with Crippen LogP contribution in [-0.4, -0.2) is 157 Å². The van der Waals surface area contributed by atoms with Crippen LogP contribution in [0.5, 0.6) is 23.0 Å². The zero-order valence-electron chi connectivity index (χ0n) is 51.8. The van der Waals surface area contributed by atoms with E-state index in [1.807, 2.05) is 48.5 Å². The van der Waals surface area contributed by atoms with Gasteiger partial charge in [-0.05, 0) is 79.4 Å². The van der Waals surface area contributed by atoms with Crippen LogP contribution in [0.25, 0.3) is 11.1 Å². The summed E-state index contributed by atoms with van der Waals surface area (Å²) >= 11 is 0.978. The standard InChI is InChI=1S/C63H67N5O20S.C3H8/c1-35(69)85-38-15-18-47-50(29-38)87-51-30-39(86-36(2)70)16-19-48(51)63(47)46-17-14-37(28-44(46)59(77)88-63)68-54(72)31-52(58(68)76)89-34-49(66-61(79)84-32-45-42-12-8-6-10-40(42)41-11-7-9-13-43(41)45)56(74)65-21-23-81-25-24-80-22-20-64-53(71)33-82-26-27-83-60(78)55(73)57(75)67-62(3,4)5;1-3-2/h6-19,26-30,45,49,52,55,57,60,67,73,75,78H,20-25,31-34H2,1-5H3,(H,64,71)(H,65,74)(H,66,79);3H2,1-2H3/b27-26-;. The van der Waals surface area contributed by atoms with E-state index >= 15 is 0 Å². The number of thioether (sulfide) groups is 1. The van der Waals surface area contributed by atoms with Crippen LogP contribution in [0.1, 0.15) is 105 Å². The molecule has 25 nitrogen and oxygen atoms in total. The molecule has 5 aromatic rings. The van der Waals surface area contributed by atoms with E-state index in [1.165, 1.54) is 56.7 Å². The summed E-state index contributed by atoms with van der Waals surface area (Å²) in [6.45, 7) is 12.1. The Kier molecular flexibility index (Phi) is 23.6. The first-order chi connectivity index (χ1) is 44.0. The number of ether oxygens (including phenoxy) is 9. The van der Waals surface area contributed by atoms with Crippen LogP contribution in [0.4, 0.5) is 10.5 Å². The maximum absolute atomic E-state index is 14.3. The number of esters is 3. The summed E-state index contributed by atoms with van der Waals surface area (Å²) < 4.78 is 50.1. The molecule has 490 valence electrons. The number of benzene rings is 5. The number of alkyl carbamates (subject to hydrolysis) is 1. The smallest absolute Gasteiger partial charge is 0.407 e. The average Bonchev–Trinajstić information content (AvgIpc) is 1.44. The number of nitrogens with zero attached hydrogens (tertiary/aromatic N) is 1. The van der Waals surface area contributed by atoms with Gasteiger partial charge in [0.2, 0.25) is 24.0 Å². The van der Waals surface area contributed by atoms with Crippen molar-refractivity contribution in [2.45, 2.75) is 108 Å². The number of nitrogens with one attached hydrogen (secondary N) is 4. The second-order valence-corrected chi connectivity index (χ2v) is 23.8. The van der Waals surface area contributed by atoms with E-state index in [2.05, 4.69) is 35.1 Å². The summed E-state index contributed by atoms with van der Waals surface area (Å²) in [5.74, 6) is -4.16. The Morgan fingerprint density at radius 3 is 1.90 bits per heavy atom. The number of anilines is 1. The number of aliphatic hydroxyl groups excluding tert-OH is 3. The summed E-state index contributed by atoms with van der Waals surface area (Å²) in [6.07, 6.45) is -2.93. The molecule has 5 unspecified atom stereocenters. The van der Waals surface area contributed by atoms with E-state index in [-0.39, 0.29) is 98.5 Å².